The highest BCUT2D eigenvalue weighted by Crippen LogP contribution is 2.18. The summed E-state index contributed by atoms with van der Waals surface area (Å²) in [6.07, 6.45) is 2.50. The van der Waals surface area contributed by atoms with Crippen molar-refractivity contribution in [3.05, 3.63) is 65.2 Å². The fraction of sp³-hybridized carbons (Fsp3) is 0.167. The first-order chi connectivity index (χ1) is 12.0. The summed E-state index contributed by atoms with van der Waals surface area (Å²) in [6, 6.07) is 11.5. The van der Waals surface area contributed by atoms with Gasteiger partial charge >= 0.3 is 5.69 Å². The van der Waals surface area contributed by atoms with Gasteiger partial charge in [0.1, 0.15) is 0 Å². The van der Waals surface area contributed by atoms with Gasteiger partial charge in [-0.05, 0) is 49.7 Å². The smallest absolute Gasteiger partial charge is 0.339 e. The van der Waals surface area contributed by atoms with Gasteiger partial charge in [-0.3, -0.25) is 9.36 Å². The summed E-state index contributed by atoms with van der Waals surface area (Å²) in [7, 11) is 0. The number of rotatable bonds is 4. The second-order valence-electron chi connectivity index (χ2n) is 5.35. The van der Waals surface area contributed by atoms with Crippen LogP contribution in [0.1, 0.15) is 12.5 Å². The zero-order chi connectivity index (χ0) is 18.4. The molecule has 3 aromatic rings. The lowest BCUT2D eigenvalue weighted by atomic mass is 10.1. The molecule has 7 nitrogen and oxygen atoms in total. The largest absolute Gasteiger partial charge is 0.483 e. The number of aromatic nitrogens is 3. The average Bonchev–Trinajstić information content (AvgIpc) is 2.89. The number of nitrogens with two attached hydrogens (primary N) is 1. The van der Waals surface area contributed by atoms with Crippen molar-refractivity contribution in [3.8, 4) is 5.69 Å². The van der Waals surface area contributed by atoms with Crippen molar-refractivity contribution < 1.29 is 9.90 Å². The molecular weight excluding hydrogens is 320 g/mol. The molecule has 7 heteroatoms. The number of carbonyl (C=O) groups is 1. The van der Waals surface area contributed by atoms with E-state index < -0.39 is 0 Å². The van der Waals surface area contributed by atoms with Crippen LogP contribution in [0.2, 0.25) is 0 Å². The molecule has 0 amide bonds. The third-order valence-corrected chi connectivity index (χ3v) is 3.61. The first kappa shape index (κ1) is 18.2. The first-order valence-electron chi connectivity index (χ1n) is 7.66. The molecule has 0 atom stereocenters. The molecule has 0 aliphatic carbocycles. The van der Waals surface area contributed by atoms with Crippen LogP contribution in [-0.4, -0.2) is 32.2 Å². The molecule has 0 unspecified atom stereocenters. The predicted molar refractivity (Wildman–Crippen MR) is 97.8 cm³/mol. The fourth-order valence-corrected chi connectivity index (χ4v) is 2.61. The number of hydrogen-bond acceptors (Lipinski definition) is 4. The van der Waals surface area contributed by atoms with Crippen LogP contribution < -0.4 is 11.4 Å². The zero-order valence-corrected chi connectivity index (χ0v) is 13.9. The molecule has 0 aliphatic rings. The van der Waals surface area contributed by atoms with Gasteiger partial charge in [0.05, 0.1) is 11.2 Å². The molecule has 1 aromatic carbocycles. The van der Waals surface area contributed by atoms with E-state index in [9.17, 15) is 4.79 Å². The highest BCUT2D eigenvalue weighted by atomic mass is 16.3. The average molecular weight is 340 g/mol. The Balaban J connectivity index is 0.000000701. The van der Waals surface area contributed by atoms with Crippen molar-refractivity contribution in [2.45, 2.75) is 13.3 Å². The number of imidazole rings is 1. The van der Waals surface area contributed by atoms with Crippen molar-refractivity contribution in [1.29, 1.82) is 0 Å². The van der Waals surface area contributed by atoms with Crippen molar-refractivity contribution in [1.82, 2.24) is 14.1 Å². The SMILES string of the molecule is C=C(C)n1c(=O)n(-c2ccc(CCN)cc2)c2ncccc21.O=CO. The summed E-state index contributed by atoms with van der Waals surface area (Å²) in [4.78, 5) is 25.5. The van der Waals surface area contributed by atoms with E-state index in [-0.39, 0.29) is 12.2 Å². The molecular formula is C18H20N4O3. The Bertz CT molecular complexity index is 939. The third-order valence-electron chi connectivity index (χ3n) is 3.61. The van der Waals surface area contributed by atoms with E-state index in [2.05, 4.69) is 11.6 Å². The van der Waals surface area contributed by atoms with Crippen LogP contribution in [0.15, 0.2) is 54.0 Å². The molecule has 2 heterocycles. The zero-order valence-electron chi connectivity index (χ0n) is 13.9. The quantitative estimate of drug-likeness (QED) is 0.706. The lowest BCUT2D eigenvalue weighted by Gasteiger charge is -2.04. The molecule has 0 aliphatic heterocycles. The summed E-state index contributed by atoms with van der Waals surface area (Å²) in [6.45, 7) is 6.05. The van der Waals surface area contributed by atoms with Crippen LogP contribution in [-0.2, 0) is 11.2 Å². The molecule has 0 saturated carbocycles. The Hall–Kier alpha value is -3.19. The number of allylic oxidation sites excluding steroid dienone is 1. The molecule has 0 fully saturated rings. The normalized spacial score (nSPS) is 10.2. The van der Waals surface area contributed by atoms with Crippen LogP contribution in [0.5, 0.6) is 0 Å². The molecule has 130 valence electrons. The topological polar surface area (TPSA) is 103 Å². The van der Waals surface area contributed by atoms with Crippen molar-refractivity contribution in [3.63, 3.8) is 0 Å². The standard InChI is InChI=1S/C17H18N4O.CH2O2/c1-12(2)20-15-4-3-11-19-16(15)21(17(20)22)14-7-5-13(6-8-14)9-10-18;2-1-3/h3-8,11H,1,9-10,18H2,2H3;1H,(H,2,3). The van der Waals surface area contributed by atoms with E-state index in [1.165, 1.54) is 0 Å². The van der Waals surface area contributed by atoms with E-state index >= 15 is 0 Å². The highest BCUT2D eigenvalue weighted by molar-refractivity contribution is 5.77. The van der Waals surface area contributed by atoms with Crippen LogP contribution in [0.4, 0.5) is 0 Å². The minimum absolute atomic E-state index is 0.159. The van der Waals surface area contributed by atoms with Gasteiger partial charge in [-0.1, -0.05) is 18.7 Å². The minimum Gasteiger partial charge on any atom is -0.483 e. The van der Waals surface area contributed by atoms with Gasteiger partial charge in [0.15, 0.2) is 5.65 Å². The molecule has 0 radical (unpaired) electrons. The molecule has 3 rings (SSSR count). The maximum Gasteiger partial charge on any atom is 0.339 e. The van der Waals surface area contributed by atoms with Gasteiger partial charge in [0, 0.05) is 11.9 Å². The number of carboxylic acid groups (broad SMARTS) is 1. The molecule has 3 N–H and O–H groups in total. The van der Waals surface area contributed by atoms with Crippen LogP contribution in [0.3, 0.4) is 0 Å². The fourth-order valence-electron chi connectivity index (χ4n) is 2.61. The van der Waals surface area contributed by atoms with Crippen molar-refractivity contribution >= 4 is 23.3 Å². The maximum absolute atomic E-state index is 12.7. The van der Waals surface area contributed by atoms with Gasteiger partial charge in [-0.15, -0.1) is 0 Å². The lowest BCUT2D eigenvalue weighted by molar-refractivity contribution is -0.122. The third kappa shape index (κ3) is 3.67. The highest BCUT2D eigenvalue weighted by Gasteiger charge is 2.15. The monoisotopic (exact) mass is 340 g/mol. The Morgan fingerprint density at radius 1 is 1.32 bits per heavy atom. The number of nitrogens with zero attached hydrogens (tertiary/aromatic N) is 3. The Morgan fingerprint density at radius 2 is 1.96 bits per heavy atom. The van der Waals surface area contributed by atoms with Crippen LogP contribution in [0, 0.1) is 0 Å². The lowest BCUT2D eigenvalue weighted by Crippen LogP contribution is -2.22. The van der Waals surface area contributed by atoms with Gasteiger partial charge in [0.2, 0.25) is 0 Å². The summed E-state index contributed by atoms with van der Waals surface area (Å²) in [5.41, 5.74) is 9.39. The minimum atomic E-state index is -0.250. The van der Waals surface area contributed by atoms with E-state index in [0.29, 0.717) is 17.9 Å². The number of benzene rings is 1. The Labute approximate surface area is 144 Å². The van der Waals surface area contributed by atoms with Gasteiger partial charge < -0.3 is 10.8 Å². The number of fused-ring (bicyclic) bond motifs is 1. The van der Waals surface area contributed by atoms with Gasteiger partial charge in [-0.2, -0.15) is 0 Å². The molecule has 0 saturated heterocycles. The maximum atomic E-state index is 12.7. The Kier molecular flexibility index (Phi) is 5.86. The van der Waals surface area contributed by atoms with Crippen molar-refractivity contribution in [2.24, 2.45) is 5.73 Å². The van der Waals surface area contributed by atoms with E-state index in [1.807, 2.05) is 43.3 Å². The van der Waals surface area contributed by atoms with Gasteiger partial charge in [0.25, 0.3) is 6.47 Å². The van der Waals surface area contributed by atoms with E-state index in [0.717, 1.165) is 23.2 Å². The van der Waals surface area contributed by atoms with E-state index in [1.54, 1.807) is 15.3 Å². The number of pyridine rings is 1. The summed E-state index contributed by atoms with van der Waals surface area (Å²) >= 11 is 0. The molecule has 25 heavy (non-hydrogen) atoms. The van der Waals surface area contributed by atoms with Gasteiger partial charge in [-0.25, -0.2) is 14.3 Å². The molecule has 0 bridgehead atoms. The summed E-state index contributed by atoms with van der Waals surface area (Å²) in [5, 5.41) is 6.89. The summed E-state index contributed by atoms with van der Waals surface area (Å²) < 4.78 is 3.19. The number of hydrogen-bond donors (Lipinski definition) is 2. The molecule has 2 aromatic heterocycles. The van der Waals surface area contributed by atoms with Crippen LogP contribution >= 0.6 is 0 Å². The van der Waals surface area contributed by atoms with Crippen molar-refractivity contribution in [2.75, 3.05) is 6.54 Å². The first-order valence-corrected chi connectivity index (χ1v) is 7.66. The molecule has 0 spiro atoms. The Morgan fingerprint density at radius 3 is 2.52 bits per heavy atom. The second-order valence-corrected chi connectivity index (χ2v) is 5.35. The second kappa shape index (κ2) is 8.07. The predicted octanol–water partition coefficient (Wildman–Crippen LogP) is 1.88. The van der Waals surface area contributed by atoms with E-state index in [4.69, 9.17) is 15.6 Å². The summed E-state index contributed by atoms with van der Waals surface area (Å²) in [5.74, 6) is 0. The van der Waals surface area contributed by atoms with Crippen LogP contribution in [0.25, 0.3) is 22.5 Å².